The van der Waals surface area contributed by atoms with Gasteiger partial charge in [-0.3, -0.25) is 0 Å². The Morgan fingerprint density at radius 1 is 1.42 bits per heavy atom. The molecule has 1 fully saturated rings. The summed E-state index contributed by atoms with van der Waals surface area (Å²) in [6.45, 7) is 4.00. The standard InChI is InChI=1S/C18H24N4O2/c1-14-19-7-9-21(14)12-16-5-2-4-15(10-16)11-20-18(24)22-8-3-6-17(22)13-23/h2,4-5,7,9-10,17,23H,3,6,8,11-13H2,1H3,(H,20,24). The molecule has 24 heavy (non-hydrogen) atoms. The van der Waals surface area contributed by atoms with Crippen molar-refractivity contribution in [2.45, 2.75) is 38.9 Å². The Bertz CT molecular complexity index is 698. The maximum absolute atomic E-state index is 12.3. The van der Waals surface area contributed by atoms with Crippen molar-refractivity contribution in [1.29, 1.82) is 0 Å². The van der Waals surface area contributed by atoms with E-state index in [4.69, 9.17) is 0 Å². The van der Waals surface area contributed by atoms with E-state index in [1.54, 1.807) is 11.1 Å². The van der Waals surface area contributed by atoms with Gasteiger partial charge in [0.15, 0.2) is 0 Å². The summed E-state index contributed by atoms with van der Waals surface area (Å²) < 4.78 is 2.09. The molecule has 1 aromatic carbocycles. The molecule has 1 aliphatic rings. The minimum atomic E-state index is -0.0950. The molecular weight excluding hydrogens is 304 g/mol. The highest BCUT2D eigenvalue weighted by atomic mass is 16.3. The topological polar surface area (TPSA) is 70.4 Å². The van der Waals surface area contributed by atoms with Gasteiger partial charge in [-0.25, -0.2) is 9.78 Å². The van der Waals surface area contributed by atoms with Crippen molar-refractivity contribution in [3.63, 3.8) is 0 Å². The molecule has 2 N–H and O–H groups in total. The molecule has 0 bridgehead atoms. The number of amides is 2. The van der Waals surface area contributed by atoms with Gasteiger partial charge in [0.2, 0.25) is 0 Å². The van der Waals surface area contributed by atoms with Gasteiger partial charge in [0, 0.05) is 32.0 Å². The summed E-state index contributed by atoms with van der Waals surface area (Å²) in [4.78, 5) is 18.2. The summed E-state index contributed by atoms with van der Waals surface area (Å²) in [6, 6.07) is 8.07. The number of likely N-dealkylation sites (tertiary alicyclic amines) is 1. The average molecular weight is 328 g/mol. The van der Waals surface area contributed by atoms with Crippen LogP contribution in [0.4, 0.5) is 4.79 Å². The fraction of sp³-hybridized carbons (Fsp3) is 0.444. The van der Waals surface area contributed by atoms with Crippen molar-refractivity contribution >= 4 is 6.03 Å². The lowest BCUT2D eigenvalue weighted by Crippen LogP contribution is -2.43. The van der Waals surface area contributed by atoms with E-state index in [1.807, 2.05) is 25.3 Å². The Morgan fingerprint density at radius 3 is 3.00 bits per heavy atom. The number of aliphatic hydroxyl groups excluding tert-OH is 1. The minimum Gasteiger partial charge on any atom is -0.394 e. The number of imidazole rings is 1. The molecule has 2 aromatic rings. The number of benzene rings is 1. The number of aromatic nitrogens is 2. The molecule has 1 aliphatic heterocycles. The molecule has 2 heterocycles. The first kappa shape index (κ1) is 16.5. The smallest absolute Gasteiger partial charge is 0.317 e. The number of nitrogens with zero attached hydrogens (tertiary/aromatic N) is 3. The van der Waals surface area contributed by atoms with Crippen LogP contribution in [-0.2, 0) is 13.1 Å². The molecule has 1 unspecified atom stereocenters. The van der Waals surface area contributed by atoms with Crippen LogP contribution in [0.5, 0.6) is 0 Å². The largest absolute Gasteiger partial charge is 0.394 e. The SMILES string of the molecule is Cc1nccn1Cc1cccc(CNC(=O)N2CCCC2CO)c1. The van der Waals surface area contributed by atoms with Crippen LogP contribution >= 0.6 is 0 Å². The van der Waals surface area contributed by atoms with E-state index < -0.39 is 0 Å². The second-order valence-electron chi connectivity index (χ2n) is 6.25. The van der Waals surface area contributed by atoms with Gasteiger partial charge in [0.1, 0.15) is 5.82 Å². The van der Waals surface area contributed by atoms with Gasteiger partial charge >= 0.3 is 6.03 Å². The predicted molar refractivity (Wildman–Crippen MR) is 91.6 cm³/mol. The van der Waals surface area contributed by atoms with Crippen LogP contribution in [-0.4, -0.2) is 44.8 Å². The van der Waals surface area contributed by atoms with Crippen LogP contribution in [0.25, 0.3) is 0 Å². The number of urea groups is 1. The van der Waals surface area contributed by atoms with Crippen LogP contribution in [0, 0.1) is 6.92 Å². The lowest BCUT2D eigenvalue weighted by molar-refractivity contribution is 0.157. The Balaban J connectivity index is 1.58. The van der Waals surface area contributed by atoms with Crippen molar-refractivity contribution < 1.29 is 9.90 Å². The molecule has 0 aliphatic carbocycles. The van der Waals surface area contributed by atoms with E-state index in [1.165, 1.54) is 5.56 Å². The summed E-state index contributed by atoms with van der Waals surface area (Å²) in [7, 11) is 0. The van der Waals surface area contributed by atoms with Crippen LogP contribution in [0.15, 0.2) is 36.7 Å². The van der Waals surface area contributed by atoms with Gasteiger partial charge in [0.05, 0.1) is 12.6 Å². The zero-order valence-corrected chi connectivity index (χ0v) is 14.0. The Morgan fingerprint density at radius 2 is 2.25 bits per heavy atom. The molecule has 0 saturated carbocycles. The highest BCUT2D eigenvalue weighted by Gasteiger charge is 2.27. The maximum Gasteiger partial charge on any atom is 0.317 e. The number of aryl methyl sites for hydroxylation is 1. The first-order valence-electron chi connectivity index (χ1n) is 8.38. The molecule has 0 radical (unpaired) electrons. The molecule has 2 amide bonds. The van der Waals surface area contributed by atoms with E-state index in [0.717, 1.165) is 37.3 Å². The molecule has 1 aromatic heterocycles. The summed E-state index contributed by atoms with van der Waals surface area (Å²) >= 11 is 0. The van der Waals surface area contributed by atoms with Crippen molar-refractivity contribution in [3.05, 3.63) is 53.6 Å². The average Bonchev–Trinajstić information content (AvgIpc) is 3.22. The monoisotopic (exact) mass is 328 g/mol. The van der Waals surface area contributed by atoms with Gasteiger partial charge in [-0.05, 0) is 30.9 Å². The summed E-state index contributed by atoms with van der Waals surface area (Å²) in [5.41, 5.74) is 2.25. The minimum absolute atomic E-state index is 0.0349. The molecule has 1 atom stereocenters. The van der Waals surface area contributed by atoms with Gasteiger partial charge < -0.3 is 19.9 Å². The zero-order valence-electron chi connectivity index (χ0n) is 14.0. The third kappa shape index (κ3) is 3.76. The predicted octanol–water partition coefficient (Wildman–Crippen LogP) is 1.91. The van der Waals surface area contributed by atoms with Crippen LogP contribution < -0.4 is 5.32 Å². The fourth-order valence-electron chi connectivity index (χ4n) is 3.18. The van der Waals surface area contributed by atoms with E-state index in [9.17, 15) is 9.90 Å². The van der Waals surface area contributed by atoms with Crippen LogP contribution in [0.1, 0.15) is 29.8 Å². The first-order chi connectivity index (χ1) is 11.7. The van der Waals surface area contributed by atoms with Gasteiger partial charge in [0.25, 0.3) is 0 Å². The fourth-order valence-corrected chi connectivity index (χ4v) is 3.18. The van der Waals surface area contributed by atoms with E-state index >= 15 is 0 Å². The summed E-state index contributed by atoms with van der Waals surface area (Å²) in [5.74, 6) is 0.984. The summed E-state index contributed by atoms with van der Waals surface area (Å²) in [6.07, 6.45) is 5.60. The van der Waals surface area contributed by atoms with Crippen LogP contribution in [0.3, 0.4) is 0 Å². The number of rotatable bonds is 5. The van der Waals surface area contributed by atoms with Crippen LogP contribution in [0.2, 0.25) is 0 Å². The molecule has 128 valence electrons. The zero-order chi connectivity index (χ0) is 16.9. The maximum atomic E-state index is 12.3. The number of carbonyl (C=O) groups is 1. The van der Waals surface area contributed by atoms with Crippen molar-refractivity contribution in [1.82, 2.24) is 19.8 Å². The molecule has 6 nitrogen and oxygen atoms in total. The Labute approximate surface area is 142 Å². The normalized spacial score (nSPS) is 17.2. The Hall–Kier alpha value is -2.34. The molecule has 3 rings (SSSR count). The summed E-state index contributed by atoms with van der Waals surface area (Å²) in [5, 5.41) is 12.3. The molecule has 0 spiro atoms. The Kier molecular flexibility index (Phi) is 5.15. The number of aliphatic hydroxyl groups is 1. The number of nitrogens with one attached hydrogen (secondary N) is 1. The number of hydrogen-bond donors (Lipinski definition) is 2. The van der Waals surface area contributed by atoms with Gasteiger partial charge in [-0.15, -0.1) is 0 Å². The molecular formula is C18H24N4O2. The molecule has 6 heteroatoms. The lowest BCUT2D eigenvalue weighted by atomic mass is 10.1. The van der Waals surface area contributed by atoms with Crippen molar-refractivity contribution in [2.24, 2.45) is 0 Å². The molecule has 1 saturated heterocycles. The second kappa shape index (κ2) is 7.49. The third-order valence-corrected chi connectivity index (χ3v) is 4.56. The number of carbonyl (C=O) groups excluding carboxylic acids is 1. The lowest BCUT2D eigenvalue weighted by Gasteiger charge is -2.23. The number of hydrogen-bond acceptors (Lipinski definition) is 3. The highest BCUT2D eigenvalue weighted by Crippen LogP contribution is 2.16. The van der Waals surface area contributed by atoms with E-state index in [0.29, 0.717) is 6.54 Å². The van der Waals surface area contributed by atoms with E-state index in [2.05, 4.69) is 27.0 Å². The van der Waals surface area contributed by atoms with Gasteiger partial charge in [-0.1, -0.05) is 24.3 Å². The van der Waals surface area contributed by atoms with Crippen molar-refractivity contribution in [3.8, 4) is 0 Å². The van der Waals surface area contributed by atoms with E-state index in [-0.39, 0.29) is 18.7 Å². The third-order valence-electron chi connectivity index (χ3n) is 4.56. The quantitative estimate of drug-likeness (QED) is 0.881. The van der Waals surface area contributed by atoms with Crippen molar-refractivity contribution in [2.75, 3.05) is 13.2 Å². The second-order valence-corrected chi connectivity index (χ2v) is 6.25. The van der Waals surface area contributed by atoms with Gasteiger partial charge in [-0.2, -0.15) is 0 Å². The first-order valence-corrected chi connectivity index (χ1v) is 8.38. The highest BCUT2D eigenvalue weighted by molar-refractivity contribution is 5.74.